The molecule has 2 heterocycles. The number of aromatic nitrogens is 3. The fraction of sp³-hybridized carbons (Fsp3) is 0.188. The Bertz CT molecular complexity index is 895. The van der Waals surface area contributed by atoms with Crippen LogP contribution in [0.25, 0.3) is 16.7 Å². The Balaban J connectivity index is 1.66. The molecule has 0 saturated carbocycles. The molecule has 0 aliphatic carbocycles. The van der Waals surface area contributed by atoms with Gasteiger partial charge in [0.05, 0.1) is 5.69 Å². The van der Waals surface area contributed by atoms with Crippen molar-refractivity contribution in [3.63, 3.8) is 0 Å². The molecule has 6 N–H and O–H groups in total. The predicted octanol–water partition coefficient (Wildman–Crippen LogP) is 0.286. The summed E-state index contributed by atoms with van der Waals surface area (Å²) < 4.78 is 1.53. The third kappa shape index (κ3) is 3.61. The summed E-state index contributed by atoms with van der Waals surface area (Å²) in [5, 5.41) is 13.9. The van der Waals surface area contributed by atoms with Crippen LogP contribution in [0.3, 0.4) is 0 Å². The lowest BCUT2D eigenvalue weighted by atomic mass is 10.2. The van der Waals surface area contributed by atoms with Crippen LogP contribution in [-0.2, 0) is 6.54 Å². The third-order valence-electron chi connectivity index (χ3n) is 3.60. The van der Waals surface area contributed by atoms with Gasteiger partial charge in [-0.05, 0) is 23.8 Å². The molecule has 0 aliphatic heterocycles. The standard InChI is InChI=1S/C16H19N7O/c17-15(18)21-8-7-19-9-11-1-3-13(4-2-11)23-10-12-5-6-20-14(12)22-16(23)24/h1-6,10,19H,7-9H2,(H4,17,18,21)(H,20,22,24). The van der Waals surface area contributed by atoms with E-state index < -0.39 is 0 Å². The molecule has 0 spiro atoms. The minimum atomic E-state index is -0.314. The van der Waals surface area contributed by atoms with E-state index in [1.165, 1.54) is 4.57 Å². The number of hydrogen-bond donors (Lipinski definition) is 5. The number of nitrogens with zero attached hydrogens (tertiary/aromatic N) is 2. The van der Waals surface area contributed by atoms with Gasteiger partial charge in [-0.2, -0.15) is 4.98 Å². The van der Waals surface area contributed by atoms with Crippen molar-refractivity contribution in [3.05, 3.63) is 58.8 Å². The third-order valence-corrected chi connectivity index (χ3v) is 3.60. The predicted molar refractivity (Wildman–Crippen MR) is 93.3 cm³/mol. The second-order valence-corrected chi connectivity index (χ2v) is 5.36. The van der Waals surface area contributed by atoms with Crippen LogP contribution in [0.2, 0.25) is 0 Å². The van der Waals surface area contributed by atoms with E-state index in [0.717, 1.165) is 16.6 Å². The maximum absolute atomic E-state index is 12.1. The fourth-order valence-corrected chi connectivity index (χ4v) is 2.40. The highest BCUT2D eigenvalue weighted by molar-refractivity contribution is 5.74. The van der Waals surface area contributed by atoms with Gasteiger partial charge in [0.25, 0.3) is 0 Å². The number of fused-ring (bicyclic) bond motifs is 1. The van der Waals surface area contributed by atoms with Crippen LogP contribution in [0.1, 0.15) is 5.56 Å². The molecule has 3 aromatic rings. The zero-order valence-electron chi connectivity index (χ0n) is 13.0. The summed E-state index contributed by atoms with van der Waals surface area (Å²) in [7, 11) is 0. The second-order valence-electron chi connectivity index (χ2n) is 5.36. The highest BCUT2D eigenvalue weighted by Crippen LogP contribution is 2.11. The average molecular weight is 325 g/mol. The highest BCUT2D eigenvalue weighted by Gasteiger charge is 2.04. The Labute approximate surface area is 138 Å². The van der Waals surface area contributed by atoms with E-state index in [4.69, 9.17) is 11.1 Å². The summed E-state index contributed by atoms with van der Waals surface area (Å²) in [6.45, 7) is 2.00. The number of guanidine groups is 1. The van der Waals surface area contributed by atoms with Gasteiger partial charge < -0.3 is 21.4 Å². The largest absolute Gasteiger partial charge is 0.370 e. The van der Waals surface area contributed by atoms with Crippen LogP contribution in [0.5, 0.6) is 0 Å². The van der Waals surface area contributed by atoms with Gasteiger partial charge in [0.1, 0.15) is 5.65 Å². The van der Waals surface area contributed by atoms with Crippen molar-refractivity contribution in [1.82, 2.24) is 25.2 Å². The van der Waals surface area contributed by atoms with E-state index in [9.17, 15) is 4.79 Å². The maximum atomic E-state index is 12.1. The van der Waals surface area contributed by atoms with Gasteiger partial charge in [0.2, 0.25) is 0 Å². The molecule has 0 amide bonds. The molecule has 0 unspecified atom stereocenters. The van der Waals surface area contributed by atoms with Gasteiger partial charge in [-0.1, -0.05) is 12.1 Å². The van der Waals surface area contributed by atoms with Crippen LogP contribution >= 0.6 is 0 Å². The first-order valence-corrected chi connectivity index (χ1v) is 7.58. The molecule has 0 aliphatic rings. The molecule has 0 saturated heterocycles. The quantitative estimate of drug-likeness (QED) is 0.253. The van der Waals surface area contributed by atoms with Gasteiger partial charge >= 0.3 is 5.69 Å². The fourth-order valence-electron chi connectivity index (χ4n) is 2.40. The Morgan fingerprint density at radius 1 is 1.25 bits per heavy atom. The van der Waals surface area contributed by atoms with E-state index in [0.29, 0.717) is 25.3 Å². The molecule has 0 bridgehead atoms. The molecular formula is C16H19N7O. The van der Waals surface area contributed by atoms with Gasteiger partial charge in [-0.15, -0.1) is 0 Å². The van der Waals surface area contributed by atoms with Crippen molar-refractivity contribution in [1.29, 1.82) is 5.41 Å². The van der Waals surface area contributed by atoms with E-state index >= 15 is 0 Å². The van der Waals surface area contributed by atoms with E-state index in [2.05, 4.69) is 20.6 Å². The summed E-state index contributed by atoms with van der Waals surface area (Å²) >= 11 is 0. The molecule has 2 aromatic heterocycles. The second kappa shape index (κ2) is 6.97. The molecule has 1 aromatic carbocycles. The first kappa shape index (κ1) is 15.8. The summed E-state index contributed by atoms with van der Waals surface area (Å²) in [4.78, 5) is 19.1. The summed E-state index contributed by atoms with van der Waals surface area (Å²) in [6.07, 6.45) is 3.54. The first-order chi connectivity index (χ1) is 11.6. The molecular weight excluding hydrogens is 306 g/mol. The molecule has 0 atom stereocenters. The highest BCUT2D eigenvalue weighted by atomic mass is 16.1. The molecule has 8 nitrogen and oxygen atoms in total. The average Bonchev–Trinajstić information content (AvgIpc) is 3.01. The van der Waals surface area contributed by atoms with Crippen molar-refractivity contribution < 1.29 is 0 Å². The van der Waals surface area contributed by atoms with E-state index in [1.54, 1.807) is 12.4 Å². The van der Waals surface area contributed by atoms with Crippen LogP contribution in [0.4, 0.5) is 0 Å². The smallest absolute Gasteiger partial charge is 0.354 e. The van der Waals surface area contributed by atoms with Crippen molar-refractivity contribution in [3.8, 4) is 5.69 Å². The number of rotatable bonds is 6. The Hall–Kier alpha value is -3.13. The normalized spacial score (nSPS) is 10.8. The van der Waals surface area contributed by atoms with Crippen LogP contribution < -0.4 is 22.1 Å². The summed E-state index contributed by atoms with van der Waals surface area (Å²) in [5.41, 5.74) is 7.36. The van der Waals surface area contributed by atoms with Crippen molar-refractivity contribution in [2.45, 2.75) is 6.54 Å². The van der Waals surface area contributed by atoms with Gasteiger partial charge in [-0.3, -0.25) is 9.98 Å². The van der Waals surface area contributed by atoms with Gasteiger partial charge in [0.15, 0.2) is 5.96 Å². The molecule has 0 radical (unpaired) electrons. The van der Waals surface area contributed by atoms with Crippen molar-refractivity contribution in [2.75, 3.05) is 13.1 Å². The lowest BCUT2D eigenvalue weighted by Gasteiger charge is -2.08. The van der Waals surface area contributed by atoms with Crippen molar-refractivity contribution >= 4 is 17.0 Å². The lowest BCUT2D eigenvalue weighted by molar-refractivity contribution is 0.670. The Morgan fingerprint density at radius 3 is 2.79 bits per heavy atom. The van der Waals surface area contributed by atoms with Crippen LogP contribution in [0, 0.1) is 5.41 Å². The SMILES string of the molecule is N=C(N)NCCNCc1ccc(-n2cc3cc[nH]c3nc2=O)cc1. The lowest BCUT2D eigenvalue weighted by Crippen LogP contribution is -2.35. The Kier molecular flexibility index (Phi) is 4.57. The minimum absolute atomic E-state index is 0.0282. The number of nitrogens with one attached hydrogen (secondary N) is 4. The molecule has 3 rings (SSSR count). The van der Waals surface area contributed by atoms with Gasteiger partial charge in [-0.25, -0.2) is 4.79 Å². The number of hydrogen-bond acceptors (Lipinski definition) is 4. The van der Waals surface area contributed by atoms with Crippen LogP contribution in [-0.4, -0.2) is 33.6 Å². The van der Waals surface area contributed by atoms with Gasteiger partial charge in [0, 0.05) is 37.4 Å². The molecule has 124 valence electrons. The number of nitrogens with two attached hydrogens (primary N) is 1. The molecule has 8 heteroatoms. The molecule has 24 heavy (non-hydrogen) atoms. The topological polar surface area (TPSA) is 125 Å². The Morgan fingerprint density at radius 2 is 2.04 bits per heavy atom. The minimum Gasteiger partial charge on any atom is -0.370 e. The number of benzene rings is 1. The van der Waals surface area contributed by atoms with E-state index in [-0.39, 0.29) is 11.6 Å². The summed E-state index contributed by atoms with van der Waals surface area (Å²) in [5.74, 6) is -0.0282. The molecule has 0 fully saturated rings. The van der Waals surface area contributed by atoms with Crippen molar-refractivity contribution in [2.24, 2.45) is 5.73 Å². The number of H-pyrrole nitrogens is 1. The number of aromatic amines is 1. The summed E-state index contributed by atoms with van der Waals surface area (Å²) in [6, 6.07) is 9.60. The zero-order valence-corrected chi connectivity index (χ0v) is 13.0. The first-order valence-electron chi connectivity index (χ1n) is 7.58. The zero-order chi connectivity index (χ0) is 16.9. The van der Waals surface area contributed by atoms with E-state index in [1.807, 2.05) is 30.3 Å². The van der Waals surface area contributed by atoms with Crippen LogP contribution in [0.15, 0.2) is 47.5 Å². The monoisotopic (exact) mass is 325 g/mol. The maximum Gasteiger partial charge on any atom is 0.354 e.